The fourth-order valence-electron chi connectivity index (χ4n) is 1.46. The van der Waals surface area contributed by atoms with Crippen molar-refractivity contribution in [2.24, 2.45) is 0 Å². The van der Waals surface area contributed by atoms with Crippen LogP contribution in [0.1, 0.15) is 11.7 Å². The van der Waals surface area contributed by atoms with Gasteiger partial charge in [-0.15, -0.1) is 0 Å². The summed E-state index contributed by atoms with van der Waals surface area (Å²) >= 11 is 3.81. The van der Waals surface area contributed by atoms with Crippen molar-refractivity contribution in [1.29, 1.82) is 0 Å². The van der Waals surface area contributed by atoms with E-state index in [1.807, 2.05) is 35.0 Å². The second-order valence-electron chi connectivity index (χ2n) is 3.69. The summed E-state index contributed by atoms with van der Waals surface area (Å²) in [7, 11) is 0. The number of nitrogen functional groups attached to an aromatic ring is 1. The summed E-state index contributed by atoms with van der Waals surface area (Å²) in [6.45, 7) is 0.497. The summed E-state index contributed by atoms with van der Waals surface area (Å²) in [5.74, 6) is 0. The van der Waals surface area contributed by atoms with Crippen molar-refractivity contribution in [1.82, 2.24) is 0 Å². The van der Waals surface area contributed by atoms with Gasteiger partial charge in [-0.2, -0.15) is 11.3 Å². The quantitative estimate of drug-likeness (QED) is 0.580. The molecule has 4 N–H and O–H groups in total. The molecule has 0 fully saturated rings. The minimum Gasteiger partial charge on any atom is -0.399 e. The molecule has 0 amide bonds. The average Bonchev–Trinajstić information content (AvgIpc) is 2.81. The monoisotopic (exact) mass is 360 g/mol. The molecule has 3 nitrogen and oxygen atoms in total. The number of nitrogens with one attached hydrogen (secondary N) is 1. The topological polar surface area (TPSA) is 58.3 Å². The highest BCUT2D eigenvalue weighted by Crippen LogP contribution is 2.22. The Kier molecular flexibility index (Phi) is 4.25. The predicted molar refractivity (Wildman–Crippen MR) is 81.3 cm³/mol. The maximum absolute atomic E-state index is 9.93. The molecule has 17 heavy (non-hydrogen) atoms. The van der Waals surface area contributed by atoms with E-state index in [9.17, 15) is 5.11 Å². The highest BCUT2D eigenvalue weighted by molar-refractivity contribution is 14.1. The van der Waals surface area contributed by atoms with E-state index in [0.717, 1.165) is 20.5 Å². The summed E-state index contributed by atoms with van der Waals surface area (Å²) in [5, 5.41) is 17.1. The summed E-state index contributed by atoms with van der Waals surface area (Å²) in [6.07, 6.45) is -0.477. The van der Waals surface area contributed by atoms with Crippen LogP contribution in [0.3, 0.4) is 0 Å². The lowest BCUT2D eigenvalue weighted by atomic mass is 10.2. The third kappa shape index (κ3) is 3.34. The molecule has 0 spiro atoms. The van der Waals surface area contributed by atoms with Gasteiger partial charge in [0.15, 0.2) is 0 Å². The minimum absolute atomic E-state index is 0.477. The number of benzene rings is 1. The number of aliphatic hydroxyl groups excluding tert-OH is 1. The number of hydrogen-bond donors (Lipinski definition) is 3. The van der Waals surface area contributed by atoms with Crippen molar-refractivity contribution in [3.63, 3.8) is 0 Å². The Labute approximate surface area is 118 Å². The second-order valence-corrected chi connectivity index (χ2v) is 5.63. The van der Waals surface area contributed by atoms with Gasteiger partial charge in [0.1, 0.15) is 0 Å². The van der Waals surface area contributed by atoms with E-state index in [4.69, 9.17) is 5.73 Å². The summed E-state index contributed by atoms with van der Waals surface area (Å²) in [6, 6.07) is 7.61. The molecular formula is C12H13IN2OS. The van der Waals surface area contributed by atoms with Crippen LogP contribution in [-0.4, -0.2) is 11.7 Å². The van der Waals surface area contributed by atoms with E-state index >= 15 is 0 Å². The van der Waals surface area contributed by atoms with E-state index < -0.39 is 6.10 Å². The summed E-state index contributed by atoms with van der Waals surface area (Å²) in [4.78, 5) is 0. The Bertz CT molecular complexity index is 487. The molecular weight excluding hydrogens is 347 g/mol. The number of nitrogens with two attached hydrogens (primary N) is 1. The Hall–Kier alpha value is -0.790. The molecule has 1 aromatic heterocycles. The lowest BCUT2D eigenvalue weighted by molar-refractivity contribution is 0.192. The van der Waals surface area contributed by atoms with Crippen molar-refractivity contribution in [3.05, 3.63) is 44.2 Å². The minimum atomic E-state index is -0.477. The van der Waals surface area contributed by atoms with Gasteiger partial charge in [-0.1, -0.05) is 0 Å². The molecule has 0 aliphatic rings. The Morgan fingerprint density at radius 3 is 2.88 bits per heavy atom. The van der Waals surface area contributed by atoms with Gasteiger partial charge < -0.3 is 16.2 Å². The van der Waals surface area contributed by atoms with E-state index in [2.05, 4.69) is 27.9 Å². The molecule has 2 aromatic rings. The molecule has 0 saturated carbocycles. The summed E-state index contributed by atoms with van der Waals surface area (Å²) in [5.41, 5.74) is 8.37. The molecule has 0 bridgehead atoms. The molecule has 2 rings (SSSR count). The van der Waals surface area contributed by atoms with Crippen molar-refractivity contribution in [2.45, 2.75) is 6.10 Å². The largest absolute Gasteiger partial charge is 0.399 e. The predicted octanol–water partition coefficient (Wildman–Crippen LogP) is 3.08. The molecule has 1 aromatic carbocycles. The van der Waals surface area contributed by atoms with Crippen LogP contribution in [0.5, 0.6) is 0 Å². The van der Waals surface area contributed by atoms with Gasteiger partial charge in [-0.05, 0) is 63.2 Å². The average molecular weight is 360 g/mol. The number of thiophene rings is 1. The number of aliphatic hydroxyl groups is 1. The first-order valence-corrected chi connectivity index (χ1v) is 7.18. The Morgan fingerprint density at radius 2 is 2.24 bits per heavy atom. The first-order valence-electron chi connectivity index (χ1n) is 5.16. The zero-order chi connectivity index (χ0) is 12.3. The first-order chi connectivity index (χ1) is 8.16. The van der Waals surface area contributed by atoms with Crippen LogP contribution < -0.4 is 11.1 Å². The van der Waals surface area contributed by atoms with Gasteiger partial charge in [0.25, 0.3) is 0 Å². The first kappa shape index (κ1) is 12.7. The fourth-order valence-corrected chi connectivity index (χ4v) is 2.90. The second kappa shape index (κ2) is 5.70. The van der Waals surface area contributed by atoms with Crippen LogP contribution in [0.4, 0.5) is 11.4 Å². The van der Waals surface area contributed by atoms with Gasteiger partial charge in [0, 0.05) is 21.5 Å². The van der Waals surface area contributed by atoms with Crippen molar-refractivity contribution < 1.29 is 5.11 Å². The van der Waals surface area contributed by atoms with Crippen LogP contribution in [0, 0.1) is 3.57 Å². The van der Waals surface area contributed by atoms with Crippen LogP contribution in [0.15, 0.2) is 35.0 Å². The van der Waals surface area contributed by atoms with Crippen LogP contribution in [0.2, 0.25) is 0 Å². The standard InChI is InChI=1S/C12H13IN2OS/c13-10-5-9(14)1-2-11(10)15-6-12(16)8-3-4-17-7-8/h1-5,7,12,15-16H,6,14H2. The molecule has 1 unspecified atom stereocenters. The molecule has 90 valence electrons. The SMILES string of the molecule is Nc1ccc(NCC(O)c2ccsc2)c(I)c1. The van der Waals surface area contributed by atoms with E-state index in [0.29, 0.717) is 6.54 Å². The zero-order valence-electron chi connectivity index (χ0n) is 9.06. The smallest absolute Gasteiger partial charge is 0.0970 e. The van der Waals surface area contributed by atoms with Gasteiger partial charge >= 0.3 is 0 Å². The zero-order valence-corrected chi connectivity index (χ0v) is 12.0. The highest BCUT2D eigenvalue weighted by atomic mass is 127. The van der Waals surface area contributed by atoms with Crippen LogP contribution in [-0.2, 0) is 0 Å². The van der Waals surface area contributed by atoms with Gasteiger partial charge in [-0.25, -0.2) is 0 Å². The normalized spacial score (nSPS) is 12.4. The lowest BCUT2D eigenvalue weighted by Crippen LogP contribution is -2.12. The van der Waals surface area contributed by atoms with E-state index in [-0.39, 0.29) is 0 Å². The number of halogens is 1. The molecule has 0 saturated heterocycles. The van der Waals surface area contributed by atoms with Crippen molar-refractivity contribution >= 4 is 45.3 Å². The lowest BCUT2D eigenvalue weighted by Gasteiger charge is -2.13. The molecule has 5 heteroatoms. The highest BCUT2D eigenvalue weighted by Gasteiger charge is 2.08. The van der Waals surface area contributed by atoms with Gasteiger partial charge in [-0.3, -0.25) is 0 Å². The van der Waals surface area contributed by atoms with Crippen molar-refractivity contribution in [2.75, 3.05) is 17.6 Å². The number of rotatable bonds is 4. The van der Waals surface area contributed by atoms with E-state index in [1.54, 1.807) is 11.3 Å². The third-order valence-corrected chi connectivity index (χ3v) is 4.00. The molecule has 1 atom stereocenters. The maximum Gasteiger partial charge on any atom is 0.0970 e. The van der Waals surface area contributed by atoms with Gasteiger partial charge in [0.05, 0.1) is 6.10 Å². The number of anilines is 2. The van der Waals surface area contributed by atoms with Crippen LogP contribution in [0.25, 0.3) is 0 Å². The van der Waals surface area contributed by atoms with Crippen LogP contribution >= 0.6 is 33.9 Å². The van der Waals surface area contributed by atoms with E-state index in [1.165, 1.54) is 0 Å². The Morgan fingerprint density at radius 1 is 1.41 bits per heavy atom. The summed E-state index contributed by atoms with van der Waals surface area (Å²) < 4.78 is 1.06. The third-order valence-electron chi connectivity index (χ3n) is 2.41. The molecule has 0 aliphatic heterocycles. The number of hydrogen-bond acceptors (Lipinski definition) is 4. The molecule has 0 aliphatic carbocycles. The van der Waals surface area contributed by atoms with Crippen molar-refractivity contribution in [3.8, 4) is 0 Å². The maximum atomic E-state index is 9.93. The Balaban J connectivity index is 1.98. The fraction of sp³-hybridized carbons (Fsp3) is 0.167. The van der Waals surface area contributed by atoms with Gasteiger partial charge in [0.2, 0.25) is 0 Å². The molecule has 0 radical (unpaired) electrons. The molecule has 1 heterocycles.